The first-order valence-electron chi connectivity index (χ1n) is 27.5. The molecule has 2 aromatic heterocycles. The van der Waals surface area contributed by atoms with Gasteiger partial charge in [-0.25, -0.2) is 14.0 Å². The second kappa shape index (κ2) is 25.2. The van der Waals surface area contributed by atoms with Crippen LogP contribution in [0.2, 0.25) is 10.1 Å². The molecule has 8 atom stereocenters. The van der Waals surface area contributed by atoms with Gasteiger partial charge in [-0.15, -0.1) is 0 Å². The topological polar surface area (TPSA) is 246 Å². The summed E-state index contributed by atoms with van der Waals surface area (Å²) in [6.07, 6.45) is -1.65. The second-order valence-electron chi connectivity index (χ2n) is 23.7. The van der Waals surface area contributed by atoms with E-state index in [2.05, 4.69) is 56.9 Å². The molecule has 0 saturated carbocycles. The number of nitrogens with one attached hydrogen (secondary N) is 2. The third kappa shape index (κ3) is 13.1. The normalized spacial score (nSPS) is 23.9. The summed E-state index contributed by atoms with van der Waals surface area (Å²) in [6.45, 7) is 14.3. The van der Waals surface area contributed by atoms with Crippen molar-refractivity contribution in [3.8, 4) is 0 Å². The minimum absolute atomic E-state index is 0.0951. The van der Waals surface area contributed by atoms with Gasteiger partial charge in [0.1, 0.15) is 24.0 Å². The van der Waals surface area contributed by atoms with Crippen LogP contribution in [0.4, 0.5) is 17.6 Å². The van der Waals surface area contributed by atoms with Gasteiger partial charge in [0.2, 0.25) is 0 Å². The van der Waals surface area contributed by atoms with E-state index < -0.39 is 125 Å². The largest absolute Gasteiger partial charge is 0.523 e. The predicted octanol–water partition coefficient (Wildman–Crippen LogP) is 4.83. The zero-order valence-corrected chi connectivity index (χ0v) is 52.5. The highest BCUT2D eigenvalue weighted by Gasteiger charge is 2.65. The van der Waals surface area contributed by atoms with Crippen LogP contribution in [-0.2, 0) is 51.8 Å². The van der Waals surface area contributed by atoms with Gasteiger partial charge in [0, 0.05) is 36.4 Å². The maximum absolute atomic E-state index is 13.6. The molecule has 5 heterocycles. The Morgan fingerprint density at radius 3 is 1.41 bits per heavy atom. The standard InChI is InChI=1S/C29H35F3N2O10S2Si.C29H36FN3O5Si/c1-20-24(44-46(39,40)29(30,31)32)25(34-17-16-23(35)33-26(34)36)43-28(20,18-41-45(5,37)38)19-42-47(27(2,3)4,21-12-8-6-9-13-21)22-14-10-7-11-15-22;1-21-25-26(32-17-15-24(34)31-27(32)35)38-29(21,19-33(25)36-18-16-30)20-37-39(28(2,3)4,22-11-7-5-8-12-22)23-13-9-6-10-14-23/h6-17,20,24-25H,18-19H2,1-5H3,(H,33,35,36);5-15,17,21,25-26H,16,18-20H2,1-4H3,(H,31,34,35)/t20-,24-,25+,28+;21-,25+,26+,29+/m00/s1. The SMILES string of the molecule is C[C@H]1[C@@H]2[C@H](n3ccc(=O)[nH]c3=O)O[C@@]1(CO[Si](c1ccccc1)(c1ccccc1)C(C)(C)C)CN2OCCF.C[C@H]1[C@H](OS(=O)(=O)C(F)(F)F)[C@H](n2ccc(=O)[nH]c2=O)O[C@@]1(CO[Si](c1ccccc1)(c1ccccc1)C(C)(C)C)COS(C)(=O)=O. The van der Waals surface area contributed by atoms with Crippen LogP contribution < -0.4 is 43.2 Å². The van der Waals surface area contributed by atoms with Crippen molar-refractivity contribution in [2.75, 3.05) is 45.9 Å². The van der Waals surface area contributed by atoms with Crippen LogP contribution in [0.3, 0.4) is 0 Å². The molecule has 3 saturated heterocycles. The third-order valence-corrected chi connectivity index (χ3v) is 27.8. The van der Waals surface area contributed by atoms with Crippen LogP contribution in [0.5, 0.6) is 0 Å². The molecular weight excluding hydrogens is 1200 g/mol. The van der Waals surface area contributed by atoms with Crippen molar-refractivity contribution >= 4 is 57.6 Å². The van der Waals surface area contributed by atoms with Gasteiger partial charge < -0.3 is 18.3 Å². The zero-order chi connectivity index (χ0) is 62.9. The minimum Gasteiger partial charge on any atom is -0.404 e. The summed E-state index contributed by atoms with van der Waals surface area (Å²) in [6, 6.07) is 40.9. The maximum atomic E-state index is 13.6. The molecule has 0 radical (unpaired) electrons. The summed E-state index contributed by atoms with van der Waals surface area (Å²) in [4.78, 5) is 59.2. The Bertz CT molecular complexity index is 3700. The van der Waals surface area contributed by atoms with Gasteiger partial charge in [0.15, 0.2) is 12.5 Å². The lowest BCUT2D eigenvalue weighted by molar-refractivity contribution is -0.253. The fourth-order valence-electron chi connectivity index (χ4n) is 12.0. The van der Waals surface area contributed by atoms with E-state index in [9.17, 15) is 53.6 Å². The second-order valence-corrected chi connectivity index (χ2v) is 35.5. The Morgan fingerprint density at radius 2 is 1.02 bits per heavy atom. The quantitative estimate of drug-likeness (QED) is 0.0450. The molecule has 0 amide bonds. The highest BCUT2D eigenvalue weighted by Crippen LogP contribution is 2.52. The molecule has 3 aliphatic heterocycles. The molecule has 0 spiro atoms. The molecule has 0 aliphatic carbocycles. The van der Waals surface area contributed by atoms with E-state index in [1.165, 1.54) is 23.8 Å². The highest BCUT2D eigenvalue weighted by molar-refractivity contribution is 7.87. The third-order valence-electron chi connectivity index (χ3n) is 16.2. The molecule has 0 unspecified atom stereocenters. The molecule has 2 N–H and O–H groups in total. The van der Waals surface area contributed by atoms with Gasteiger partial charge in [-0.1, -0.05) is 177 Å². The van der Waals surface area contributed by atoms with Crippen molar-refractivity contribution in [3.05, 3.63) is 188 Å². The number of morpholine rings is 1. The van der Waals surface area contributed by atoms with E-state index in [4.69, 9.17) is 31.5 Å². The number of aromatic nitrogens is 4. The van der Waals surface area contributed by atoms with Crippen LogP contribution >= 0.6 is 0 Å². The monoisotopic (exact) mass is 1270 g/mol. The number of nitrogens with zero attached hydrogens (tertiary/aromatic N) is 3. The van der Waals surface area contributed by atoms with Crippen molar-refractivity contribution in [1.82, 2.24) is 24.2 Å². The van der Waals surface area contributed by atoms with Crippen molar-refractivity contribution in [2.45, 2.75) is 107 Å². The average molecular weight is 1270 g/mol. The minimum atomic E-state index is -6.28. The van der Waals surface area contributed by atoms with Crippen molar-refractivity contribution in [2.24, 2.45) is 11.8 Å². The lowest BCUT2D eigenvalue weighted by Gasteiger charge is -2.45. The van der Waals surface area contributed by atoms with Gasteiger partial charge in [0.05, 0.1) is 45.3 Å². The molecule has 6 aromatic rings. The smallest absolute Gasteiger partial charge is 0.404 e. The lowest BCUT2D eigenvalue weighted by Crippen LogP contribution is -2.68. The van der Waals surface area contributed by atoms with E-state index in [0.717, 1.165) is 39.3 Å². The first kappa shape index (κ1) is 65.9. The van der Waals surface area contributed by atoms with Gasteiger partial charge >= 0.3 is 27.0 Å². The summed E-state index contributed by atoms with van der Waals surface area (Å²) in [7, 11) is -16.8. The molecule has 466 valence electrons. The number of hydroxylamine groups is 2. The van der Waals surface area contributed by atoms with Gasteiger partial charge in [0.25, 0.3) is 37.9 Å². The Labute approximate surface area is 497 Å². The predicted molar refractivity (Wildman–Crippen MR) is 317 cm³/mol. The van der Waals surface area contributed by atoms with Crippen LogP contribution in [0.25, 0.3) is 0 Å². The fraction of sp³-hybridized carbons (Fsp3) is 0.448. The number of fused-ring (bicyclic) bond motifs is 2. The molecule has 20 nitrogen and oxygen atoms in total. The van der Waals surface area contributed by atoms with Crippen LogP contribution in [0.1, 0.15) is 67.8 Å². The number of hydrogen-bond acceptors (Lipinski definition) is 16. The number of aromatic amines is 2. The lowest BCUT2D eigenvalue weighted by atomic mass is 9.88. The van der Waals surface area contributed by atoms with E-state index in [0.29, 0.717) is 11.1 Å². The van der Waals surface area contributed by atoms with Crippen molar-refractivity contribution in [1.29, 1.82) is 0 Å². The molecular formula is C58H71F4N5O15S2Si2. The van der Waals surface area contributed by atoms with E-state index in [1.54, 1.807) is 5.06 Å². The maximum Gasteiger partial charge on any atom is 0.523 e. The van der Waals surface area contributed by atoms with Crippen LogP contribution in [0.15, 0.2) is 165 Å². The first-order chi connectivity index (χ1) is 40.3. The van der Waals surface area contributed by atoms with Gasteiger partial charge in [-0.05, 0) is 30.8 Å². The number of halogens is 4. The summed E-state index contributed by atoms with van der Waals surface area (Å²) >= 11 is 0. The number of hydrogen-bond donors (Lipinski definition) is 2. The highest BCUT2D eigenvalue weighted by atomic mass is 32.2. The number of rotatable bonds is 20. The van der Waals surface area contributed by atoms with Crippen molar-refractivity contribution in [3.63, 3.8) is 0 Å². The molecule has 86 heavy (non-hydrogen) atoms. The zero-order valence-electron chi connectivity index (χ0n) is 48.9. The number of benzene rings is 4. The van der Waals surface area contributed by atoms with E-state index >= 15 is 0 Å². The molecule has 3 aliphatic rings. The average Bonchev–Trinajstić information content (AvgIpc) is 1.48. The van der Waals surface area contributed by atoms with Crippen LogP contribution in [0, 0.1) is 11.8 Å². The van der Waals surface area contributed by atoms with Gasteiger partial charge in [-0.3, -0.25) is 41.9 Å². The van der Waals surface area contributed by atoms with Crippen molar-refractivity contribution < 1.29 is 65.9 Å². The Balaban J connectivity index is 0.000000227. The Hall–Kier alpha value is -6.03. The van der Waals surface area contributed by atoms with E-state index in [1.807, 2.05) is 123 Å². The number of alkyl halides is 4. The molecule has 28 heteroatoms. The molecule has 9 rings (SSSR count). The van der Waals surface area contributed by atoms with E-state index in [-0.39, 0.29) is 30.2 Å². The number of H-pyrrole nitrogens is 2. The molecule has 4 aromatic carbocycles. The van der Waals surface area contributed by atoms with Gasteiger partial charge in [-0.2, -0.15) is 35.1 Å². The summed E-state index contributed by atoms with van der Waals surface area (Å²) in [5.74, 6) is -1.54. The Morgan fingerprint density at radius 1 is 0.605 bits per heavy atom. The Kier molecular flexibility index (Phi) is 19.3. The summed E-state index contributed by atoms with van der Waals surface area (Å²) in [5, 5.41) is 4.77. The first-order valence-corrected chi connectivity index (χ1v) is 34.6. The van der Waals surface area contributed by atoms with Crippen LogP contribution in [-0.4, -0.2) is 132 Å². The number of ether oxygens (including phenoxy) is 2. The summed E-state index contributed by atoms with van der Waals surface area (Å²) < 4.78 is 142. The molecule has 2 bridgehead atoms. The molecule has 3 fully saturated rings. The fourth-order valence-corrected chi connectivity index (χ4v) is 22.3. The summed E-state index contributed by atoms with van der Waals surface area (Å²) in [5.41, 5.74) is -11.8.